The van der Waals surface area contributed by atoms with Crippen LogP contribution in [-0.4, -0.2) is 47.4 Å². The van der Waals surface area contributed by atoms with Crippen molar-refractivity contribution in [3.05, 3.63) is 30.5 Å². The number of imidazole rings is 1. The number of rotatable bonds is 5. The predicted octanol–water partition coefficient (Wildman–Crippen LogP) is 2.97. The molecule has 9 heteroatoms. The Morgan fingerprint density at radius 2 is 2.21 bits per heavy atom. The minimum absolute atomic E-state index is 0.304. The van der Waals surface area contributed by atoms with Gasteiger partial charge in [0.15, 0.2) is 0 Å². The molecule has 1 aromatic carbocycles. The third-order valence-electron chi connectivity index (χ3n) is 4.39. The Labute approximate surface area is 161 Å². The fourth-order valence-electron chi connectivity index (χ4n) is 3.09. The van der Waals surface area contributed by atoms with Gasteiger partial charge in [-0.2, -0.15) is 5.10 Å². The summed E-state index contributed by atoms with van der Waals surface area (Å²) in [5, 5.41) is 11.8. The van der Waals surface area contributed by atoms with Gasteiger partial charge in [0.25, 0.3) is 0 Å². The summed E-state index contributed by atoms with van der Waals surface area (Å²) in [5.74, 6) is 0.942. The van der Waals surface area contributed by atoms with Gasteiger partial charge in [-0.25, -0.2) is 14.8 Å². The Morgan fingerprint density at radius 1 is 1.32 bits per heavy atom. The Kier molecular flexibility index (Phi) is 4.79. The molecule has 2 amide bonds. The summed E-state index contributed by atoms with van der Waals surface area (Å²) in [6.45, 7) is 3.18. The largest absolute Gasteiger partial charge is 0.481 e. The van der Waals surface area contributed by atoms with E-state index in [0.717, 1.165) is 40.8 Å². The van der Waals surface area contributed by atoms with Crippen LogP contribution in [0.15, 0.2) is 35.6 Å². The Bertz CT molecular complexity index is 1030. The van der Waals surface area contributed by atoms with E-state index in [1.54, 1.807) is 13.3 Å². The molecule has 4 rings (SSSR count). The highest BCUT2D eigenvalue weighted by molar-refractivity contribution is 5.97. The number of aromatic amines is 1. The van der Waals surface area contributed by atoms with Crippen LogP contribution in [0.4, 0.5) is 16.4 Å². The minimum Gasteiger partial charge on any atom is -0.481 e. The van der Waals surface area contributed by atoms with E-state index in [2.05, 4.69) is 30.7 Å². The van der Waals surface area contributed by atoms with Crippen molar-refractivity contribution in [2.75, 3.05) is 30.5 Å². The van der Waals surface area contributed by atoms with Gasteiger partial charge in [0.05, 0.1) is 23.8 Å². The number of fused-ring (bicyclic) bond motifs is 1. The van der Waals surface area contributed by atoms with Crippen molar-refractivity contribution in [2.45, 2.75) is 13.3 Å². The lowest BCUT2D eigenvalue weighted by molar-refractivity contribution is 0.252. The average Bonchev–Trinajstić information content (AvgIpc) is 3.37. The first-order chi connectivity index (χ1) is 13.7. The number of aromatic nitrogens is 3. The fraction of sp³-hybridized carbons (Fsp3) is 0.263. The molecular formula is C19H21N7O2. The zero-order valence-corrected chi connectivity index (χ0v) is 15.7. The van der Waals surface area contributed by atoms with Gasteiger partial charge in [0.1, 0.15) is 0 Å². The van der Waals surface area contributed by atoms with Gasteiger partial charge in [-0.05, 0) is 30.7 Å². The molecule has 3 heterocycles. The number of methoxy groups -OCH3 is 1. The molecule has 0 unspecified atom stereocenters. The molecule has 28 heavy (non-hydrogen) atoms. The van der Waals surface area contributed by atoms with E-state index in [9.17, 15) is 4.79 Å². The molecule has 144 valence electrons. The lowest BCUT2D eigenvalue weighted by atomic mass is 10.1. The molecule has 0 aliphatic carbocycles. The van der Waals surface area contributed by atoms with Crippen molar-refractivity contribution < 1.29 is 9.53 Å². The summed E-state index contributed by atoms with van der Waals surface area (Å²) in [7, 11) is 1.59. The Balaban J connectivity index is 1.78. The molecule has 0 radical (unpaired) electrons. The third kappa shape index (κ3) is 3.46. The zero-order chi connectivity index (χ0) is 19.5. The van der Waals surface area contributed by atoms with E-state index in [-0.39, 0.29) is 6.03 Å². The molecule has 0 saturated heterocycles. The highest BCUT2D eigenvalue weighted by Crippen LogP contribution is 2.34. The number of H-pyrrole nitrogens is 1. The molecule has 0 bridgehead atoms. The zero-order valence-electron chi connectivity index (χ0n) is 15.7. The number of carbonyl (C=O) groups excluding carboxylic acids is 1. The van der Waals surface area contributed by atoms with Crippen LogP contribution in [0, 0.1) is 0 Å². The van der Waals surface area contributed by atoms with Crippen molar-refractivity contribution in [3.8, 4) is 17.0 Å². The van der Waals surface area contributed by atoms with Crippen LogP contribution >= 0.6 is 0 Å². The summed E-state index contributed by atoms with van der Waals surface area (Å²) in [6.07, 6.45) is 4.53. The highest BCUT2D eigenvalue weighted by atomic mass is 16.5. The lowest BCUT2D eigenvalue weighted by Gasteiger charge is -2.16. The van der Waals surface area contributed by atoms with E-state index in [1.165, 1.54) is 0 Å². The molecule has 0 spiro atoms. The van der Waals surface area contributed by atoms with Gasteiger partial charge in [0.2, 0.25) is 11.8 Å². The van der Waals surface area contributed by atoms with Crippen LogP contribution in [0.5, 0.6) is 5.88 Å². The maximum absolute atomic E-state index is 11.8. The summed E-state index contributed by atoms with van der Waals surface area (Å²) >= 11 is 0. The Morgan fingerprint density at radius 3 is 2.89 bits per heavy atom. The van der Waals surface area contributed by atoms with Crippen molar-refractivity contribution in [1.29, 1.82) is 0 Å². The van der Waals surface area contributed by atoms with Crippen molar-refractivity contribution >= 4 is 34.9 Å². The quantitative estimate of drug-likeness (QED) is 0.632. The normalized spacial score (nSPS) is 13.1. The smallest absolute Gasteiger partial charge is 0.321 e. The number of urea groups is 1. The summed E-state index contributed by atoms with van der Waals surface area (Å²) in [5.41, 5.74) is 4.34. The first-order valence-corrected chi connectivity index (χ1v) is 9.07. The number of nitrogens with zero attached hydrogens (tertiary/aromatic N) is 4. The number of carbonyl (C=O) groups is 1. The van der Waals surface area contributed by atoms with Crippen LogP contribution in [0.25, 0.3) is 22.2 Å². The number of hydrogen-bond donors (Lipinski definition) is 3. The van der Waals surface area contributed by atoms with Crippen molar-refractivity contribution in [3.63, 3.8) is 0 Å². The van der Waals surface area contributed by atoms with Crippen LogP contribution < -0.4 is 20.4 Å². The number of pyridine rings is 1. The SMILES string of the molecule is CCNC(=O)Nc1nc2cc(-c3ccc(OC)nc3)cc(N3CCC=N3)c2[nH]1. The van der Waals surface area contributed by atoms with E-state index >= 15 is 0 Å². The number of hydrazone groups is 1. The number of benzene rings is 1. The van der Waals surface area contributed by atoms with Crippen LogP contribution in [-0.2, 0) is 0 Å². The molecule has 0 fully saturated rings. The molecule has 3 N–H and O–H groups in total. The standard InChI is InChI=1S/C19H21N7O2/c1-3-20-19(27)25-18-23-14-9-13(12-5-6-16(28-2)21-11-12)10-15(17(14)24-18)26-8-4-7-22-26/h5-7,9-11H,3-4,8H2,1-2H3,(H3,20,23,24,25,27). The number of nitrogens with one attached hydrogen (secondary N) is 3. The van der Waals surface area contributed by atoms with Crippen molar-refractivity contribution in [1.82, 2.24) is 20.3 Å². The van der Waals surface area contributed by atoms with Gasteiger partial charge in [-0.15, -0.1) is 0 Å². The van der Waals surface area contributed by atoms with Gasteiger partial charge in [-0.1, -0.05) is 0 Å². The first-order valence-electron chi connectivity index (χ1n) is 9.07. The maximum Gasteiger partial charge on any atom is 0.321 e. The first kappa shape index (κ1) is 17.8. The Hall–Kier alpha value is -3.62. The van der Waals surface area contributed by atoms with Crippen LogP contribution in [0.1, 0.15) is 13.3 Å². The molecule has 3 aromatic rings. The topological polar surface area (TPSA) is 108 Å². The molecule has 9 nitrogen and oxygen atoms in total. The van der Waals surface area contributed by atoms with Crippen LogP contribution in [0.3, 0.4) is 0 Å². The second-order valence-corrected chi connectivity index (χ2v) is 6.26. The van der Waals surface area contributed by atoms with E-state index in [1.807, 2.05) is 42.4 Å². The number of ether oxygens (including phenoxy) is 1. The fourth-order valence-corrected chi connectivity index (χ4v) is 3.09. The van der Waals surface area contributed by atoms with E-state index in [0.29, 0.717) is 18.4 Å². The average molecular weight is 379 g/mol. The van der Waals surface area contributed by atoms with E-state index < -0.39 is 0 Å². The lowest BCUT2D eigenvalue weighted by Crippen LogP contribution is -2.28. The van der Waals surface area contributed by atoms with Gasteiger partial charge in [0, 0.05) is 43.6 Å². The molecule has 0 atom stereocenters. The molecular weight excluding hydrogens is 358 g/mol. The van der Waals surface area contributed by atoms with Crippen molar-refractivity contribution in [2.24, 2.45) is 5.10 Å². The summed E-state index contributed by atoms with van der Waals surface area (Å²) < 4.78 is 5.14. The van der Waals surface area contributed by atoms with Crippen LogP contribution in [0.2, 0.25) is 0 Å². The molecule has 2 aromatic heterocycles. The second kappa shape index (κ2) is 7.55. The minimum atomic E-state index is -0.304. The predicted molar refractivity (Wildman–Crippen MR) is 109 cm³/mol. The molecule has 1 aliphatic heterocycles. The molecule has 1 aliphatic rings. The van der Waals surface area contributed by atoms with Gasteiger partial charge >= 0.3 is 6.03 Å². The summed E-state index contributed by atoms with van der Waals surface area (Å²) in [4.78, 5) is 23.9. The number of hydrogen-bond acceptors (Lipinski definition) is 6. The maximum atomic E-state index is 11.8. The monoisotopic (exact) mass is 379 g/mol. The van der Waals surface area contributed by atoms with E-state index in [4.69, 9.17) is 4.74 Å². The third-order valence-corrected chi connectivity index (χ3v) is 4.39. The highest BCUT2D eigenvalue weighted by Gasteiger charge is 2.18. The second-order valence-electron chi connectivity index (χ2n) is 6.26. The van der Waals surface area contributed by atoms with Gasteiger partial charge in [-0.3, -0.25) is 10.3 Å². The number of anilines is 2. The van der Waals surface area contributed by atoms with Gasteiger partial charge < -0.3 is 15.0 Å². The number of amides is 2. The summed E-state index contributed by atoms with van der Waals surface area (Å²) in [6, 6.07) is 7.47. The molecule has 0 saturated carbocycles.